The molecule has 0 saturated carbocycles. The zero-order chi connectivity index (χ0) is 19.6. The van der Waals surface area contributed by atoms with Crippen molar-refractivity contribution in [3.63, 3.8) is 0 Å². The topological polar surface area (TPSA) is 67.8 Å². The quantitative estimate of drug-likeness (QED) is 0.716. The van der Waals surface area contributed by atoms with E-state index in [1.807, 2.05) is 12.1 Å². The summed E-state index contributed by atoms with van der Waals surface area (Å²) in [7, 11) is -3.53. The number of hydrogen-bond acceptors (Lipinski definition) is 4. The van der Waals surface area contributed by atoms with Crippen LogP contribution in [0.5, 0.6) is 5.75 Å². The lowest BCUT2D eigenvalue weighted by Crippen LogP contribution is -2.22. The number of aliphatic imine (C=N–C) groups is 1. The highest BCUT2D eigenvalue weighted by atomic mass is 32.2. The van der Waals surface area contributed by atoms with Gasteiger partial charge in [-0.05, 0) is 35.9 Å². The molecule has 3 aromatic rings. The minimum absolute atomic E-state index is 0.146. The van der Waals surface area contributed by atoms with Crippen LogP contribution in [0.2, 0.25) is 0 Å². The second kappa shape index (κ2) is 7.44. The first-order valence-corrected chi connectivity index (χ1v) is 10.1. The summed E-state index contributed by atoms with van der Waals surface area (Å²) in [6.07, 6.45) is 0. The molecule has 1 N–H and O–H groups in total. The molecule has 0 saturated heterocycles. The highest BCUT2D eigenvalue weighted by Crippen LogP contribution is 2.23. The smallest absolute Gasteiger partial charge is 0.263 e. The summed E-state index contributed by atoms with van der Waals surface area (Å²) in [6.45, 7) is 0.465. The maximum absolute atomic E-state index is 13.6. The Balaban J connectivity index is 1.43. The van der Waals surface area contributed by atoms with E-state index in [2.05, 4.69) is 9.71 Å². The van der Waals surface area contributed by atoms with Gasteiger partial charge in [0, 0.05) is 11.1 Å². The van der Waals surface area contributed by atoms with Gasteiger partial charge in [0.2, 0.25) is 0 Å². The van der Waals surface area contributed by atoms with Crippen LogP contribution in [-0.4, -0.2) is 14.3 Å². The number of amidine groups is 1. The third-order valence-corrected chi connectivity index (χ3v) is 5.76. The van der Waals surface area contributed by atoms with Crippen LogP contribution in [0.15, 0.2) is 82.7 Å². The molecule has 0 aliphatic carbocycles. The van der Waals surface area contributed by atoms with Crippen molar-refractivity contribution < 1.29 is 17.5 Å². The van der Waals surface area contributed by atoms with Gasteiger partial charge in [-0.25, -0.2) is 12.8 Å². The van der Waals surface area contributed by atoms with E-state index in [-0.39, 0.29) is 17.3 Å². The molecule has 1 heterocycles. The van der Waals surface area contributed by atoms with Crippen molar-refractivity contribution in [2.75, 3.05) is 0 Å². The monoisotopic (exact) mass is 396 g/mol. The molecule has 0 radical (unpaired) electrons. The van der Waals surface area contributed by atoms with Crippen molar-refractivity contribution in [1.82, 2.24) is 4.72 Å². The highest BCUT2D eigenvalue weighted by molar-refractivity contribution is 7.90. The van der Waals surface area contributed by atoms with E-state index in [0.29, 0.717) is 29.3 Å². The van der Waals surface area contributed by atoms with Crippen LogP contribution in [0.1, 0.15) is 16.7 Å². The first kappa shape index (κ1) is 18.2. The summed E-state index contributed by atoms with van der Waals surface area (Å²) < 4.78 is 45.9. The second-order valence-corrected chi connectivity index (χ2v) is 7.94. The van der Waals surface area contributed by atoms with Crippen LogP contribution < -0.4 is 9.46 Å². The first-order valence-electron chi connectivity index (χ1n) is 8.65. The normalized spacial score (nSPS) is 15.8. The second-order valence-electron chi connectivity index (χ2n) is 6.29. The Bertz CT molecular complexity index is 1140. The average Bonchev–Trinajstić information content (AvgIpc) is 2.97. The number of nitrogens with zero attached hydrogens (tertiary/aromatic N) is 1. The molecule has 5 nitrogen and oxygen atoms in total. The molecule has 0 atom stereocenters. The molecular formula is C21H17FN2O3S. The molecular weight excluding hydrogens is 379 g/mol. The molecule has 0 amide bonds. The van der Waals surface area contributed by atoms with Gasteiger partial charge in [0.25, 0.3) is 10.0 Å². The Morgan fingerprint density at radius 3 is 2.43 bits per heavy atom. The highest BCUT2D eigenvalue weighted by Gasteiger charge is 2.29. The molecule has 1 aliphatic rings. The van der Waals surface area contributed by atoms with Crippen molar-refractivity contribution in [2.45, 2.75) is 18.0 Å². The van der Waals surface area contributed by atoms with Crippen LogP contribution in [0.3, 0.4) is 0 Å². The molecule has 3 aromatic carbocycles. The summed E-state index contributed by atoms with van der Waals surface area (Å²) in [5.74, 6) is 0.663. The summed E-state index contributed by atoms with van der Waals surface area (Å²) in [4.78, 5) is 4.64. The molecule has 0 spiro atoms. The lowest BCUT2D eigenvalue weighted by molar-refractivity contribution is 0.300. The minimum Gasteiger partial charge on any atom is -0.489 e. The zero-order valence-electron chi connectivity index (χ0n) is 14.8. The van der Waals surface area contributed by atoms with Crippen molar-refractivity contribution >= 4 is 15.9 Å². The van der Waals surface area contributed by atoms with Gasteiger partial charge >= 0.3 is 0 Å². The molecule has 28 heavy (non-hydrogen) atoms. The van der Waals surface area contributed by atoms with Crippen LogP contribution in [0, 0.1) is 5.82 Å². The van der Waals surface area contributed by atoms with E-state index in [9.17, 15) is 12.8 Å². The van der Waals surface area contributed by atoms with Crippen molar-refractivity contribution in [1.29, 1.82) is 0 Å². The largest absolute Gasteiger partial charge is 0.489 e. The van der Waals surface area contributed by atoms with Crippen molar-refractivity contribution in [2.24, 2.45) is 4.99 Å². The van der Waals surface area contributed by atoms with Gasteiger partial charge in [0.1, 0.15) is 24.0 Å². The molecule has 0 fully saturated rings. The number of hydrogen-bond donors (Lipinski definition) is 1. The Morgan fingerprint density at radius 2 is 1.64 bits per heavy atom. The van der Waals surface area contributed by atoms with E-state index < -0.39 is 10.0 Å². The van der Waals surface area contributed by atoms with E-state index in [4.69, 9.17) is 4.74 Å². The van der Waals surface area contributed by atoms with Crippen LogP contribution in [0.4, 0.5) is 4.39 Å². The Labute approximate surface area is 162 Å². The Hall–Kier alpha value is -3.19. The Morgan fingerprint density at radius 1 is 0.929 bits per heavy atom. The number of benzene rings is 3. The number of sulfonamides is 1. The summed E-state index contributed by atoms with van der Waals surface area (Å²) in [5.41, 5.74) is 1.96. The average molecular weight is 396 g/mol. The SMILES string of the molecule is O=S1(=O)NC(=NCc2ccc(OCc3ccccc3F)cc2)c2ccccc21. The number of halogens is 1. The molecule has 1 aliphatic heterocycles. The van der Waals surface area contributed by atoms with E-state index >= 15 is 0 Å². The van der Waals surface area contributed by atoms with Gasteiger partial charge in [-0.2, -0.15) is 0 Å². The van der Waals surface area contributed by atoms with Gasteiger partial charge in [0.15, 0.2) is 0 Å². The molecule has 142 valence electrons. The van der Waals surface area contributed by atoms with Gasteiger partial charge in [0.05, 0.1) is 11.4 Å². The van der Waals surface area contributed by atoms with Gasteiger partial charge in [-0.1, -0.05) is 42.5 Å². The molecule has 4 rings (SSSR count). The van der Waals surface area contributed by atoms with Crippen LogP contribution >= 0.6 is 0 Å². The Kier molecular flexibility index (Phi) is 4.83. The molecule has 0 bridgehead atoms. The fraction of sp³-hybridized carbons (Fsp3) is 0.0952. The lowest BCUT2D eigenvalue weighted by atomic mass is 10.2. The standard InChI is InChI=1S/C21H17FN2O3S/c22-19-7-3-1-5-16(19)14-27-17-11-9-15(10-12-17)13-23-21-18-6-2-4-8-20(18)28(25,26)24-21/h1-12H,13-14H2,(H,23,24). The van der Waals surface area contributed by atoms with E-state index in [0.717, 1.165) is 5.56 Å². The summed E-state index contributed by atoms with van der Waals surface area (Å²) >= 11 is 0. The summed E-state index contributed by atoms with van der Waals surface area (Å²) in [5, 5.41) is 0. The van der Waals surface area contributed by atoms with Crippen molar-refractivity contribution in [3.8, 4) is 5.75 Å². The predicted molar refractivity (Wildman–Crippen MR) is 104 cm³/mol. The molecule has 0 unspecified atom stereocenters. The third-order valence-electron chi connectivity index (χ3n) is 4.36. The maximum Gasteiger partial charge on any atom is 0.263 e. The van der Waals surface area contributed by atoms with Crippen molar-refractivity contribution in [3.05, 3.63) is 95.3 Å². The number of nitrogens with one attached hydrogen (secondary N) is 1. The minimum atomic E-state index is -3.53. The molecule has 7 heteroatoms. The van der Waals surface area contributed by atoms with Gasteiger partial charge in [-0.15, -0.1) is 0 Å². The lowest BCUT2D eigenvalue weighted by Gasteiger charge is -2.08. The van der Waals surface area contributed by atoms with Gasteiger partial charge < -0.3 is 4.74 Å². The molecule has 0 aromatic heterocycles. The number of rotatable bonds is 5. The van der Waals surface area contributed by atoms with E-state index in [1.165, 1.54) is 6.07 Å². The summed E-state index contributed by atoms with van der Waals surface area (Å²) in [6, 6.07) is 20.5. The third kappa shape index (κ3) is 3.75. The number of ether oxygens (including phenoxy) is 1. The fourth-order valence-corrected chi connectivity index (χ4v) is 4.14. The van der Waals surface area contributed by atoms with E-state index in [1.54, 1.807) is 54.6 Å². The fourth-order valence-electron chi connectivity index (χ4n) is 2.89. The van der Waals surface area contributed by atoms with Gasteiger partial charge in [-0.3, -0.25) is 9.71 Å². The number of fused-ring (bicyclic) bond motifs is 1. The predicted octanol–water partition coefficient (Wildman–Crippen LogP) is 3.64. The first-order chi connectivity index (χ1) is 13.5. The van der Waals surface area contributed by atoms with Crippen LogP contribution in [0.25, 0.3) is 0 Å². The van der Waals surface area contributed by atoms with Crippen LogP contribution in [-0.2, 0) is 23.2 Å². The zero-order valence-corrected chi connectivity index (χ0v) is 15.6. The maximum atomic E-state index is 13.6.